The Labute approximate surface area is 140 Å². The predicted molar refractivity (Wildman–Crippen MR) is 88.7 cm³/mol. The van der Waals surface area contributed by atoms with Crippen LogP contribution in [0.1, 0.15) is 28.9 Å². The lowest BCUT2D eigenvalue weighted by atomic mass is 9.88. The molecule has 1 amide bonds. The molecular formula is C18H19N5O. The van der Waals surface area contributed by atoms with Crippen LogP contribution >= 0.6 is 0 Å². The van der Waals surface area contributed by atoms with E-state index >= 15 is 0 Å². The van der Waals surface area contributed by atoms with Crippen molar-refractivity contribution >= 4 is 5.91 Å². The quantitative estimate of drug-likeness (QED) is 0.853. The molecule has 1 heterocycles. The summed E-state index contributed by atoms with van der Waals surface area (Å²) < 4.78 is 0. The molecule has 0 saturated carbocycles. The Balaban J connectivity index is 1.71. The van der Waals surface area contributed by atoms with Crippen LogP contribution in [0.15, 0.2) is 36.9 Å². The van der Waals surface area contributed by atoms with Crippen LogP contribution in [0.4, 0.5) is 0 Å². The molecule has 122 valence electrons. The third-order valence-corrected chi connectivity index (χ3v) is 4.34. The van der Waals surface area contributed by atoms with Gasteiger partial charge >= 0.3 is 0 Å². The number of carbonyl (C=O) groups excluding carboxylic acids is 1. The van der Waals surface area contributed by atoms with Crippen molar-refractivity contribution in [2.45, 2.75) is 25.8 Å². The highest BCUT2D eigenvalue weighted by atomic mass is 16.2. The van der Waals surface area contributed by atoms with Gasteiger partial charge in [-0.05, 0) is 30.5 Å². The zero-order valence-corrected chi connectivity index (χ0v) is 13.4. The summed E-state index contributed by atoms with van der Waals surface area (Å²) >= 11 is 0. The van der Waals surface area contributed by atoms with Crippen molar-refractivity contribution in [3.8, 4) is 6.07 Å². The molecule has 1 aliphatic rings. The minimum absolute atomic E-state index is 0.0686. The molecule has 0 fully saturated rings. The van der Waals surface area contributed by atoms with Crippen LogP contribution in [0.5, 0.6) is 0 Å². The summed E-state index contributed by atoms with van der Waals surface area (Å²) in [6, 6.07) is 9.42. The maximum absolute atomic E-state index is 12.9. The van der Waals surface area contributed by atoms with Crippen LogP contribution in [0.2, 0.25) is 0 Å². The maximum atomic E-state index is 12.9. The fourth-order valence-electron chi connectivity index (χ4n) is 3.05. The normalized spacial score (nSPS) is 16.0. The molecule has 0 radical (unpaired) electrons. The molecule has 0 saturated heterocycles. The van der Waals surface area contributed by atoms with Crippen molar-refractivity contribution in [2.24, 2.45) is 5.92 Å². The molecule has 1 aromatic heterocycles. The van der Waals surface area contributed by atoms with Gasteiger partial charge in [-0.2, -0.15) is 20.7 Å². The van der Waals surface area contributed by atoms with Crippen LogP contribution in [-0.2, 0) is 24.2 Å². The van der Waals surface area contributed by atoms with Gasteiger partial charge in [0, 0.05) is 25.4 Å². The van der Waals surface area contributed by atoms with Crippen molar-refractivity contribution in [2.75, 3.05) is 6.54 Å². The second-order valence-corrected chi connectivity index (χ2v) is 5.97. The van der Waals surface area contributed by atoms with Crippen molar-refractivity contribution in [3.63, 3.8) is 0 Å². The topological polar surface area (TPSA) is 85.7 Å². The zero-order chi connectivity index (χ0) is 16.9. The summed E-state index contributed by atoms with van der Waals surface area (Å²) in [6.07, 6.45) is 3.94. The number of rotatable bonds is 5. The highest BCUT2D eigenvalue weighted by Crippen LogP contribution is 2.24. The molecule has 6 heteroatoms. The lowest BCUT2D eigenvalue weighted by molar-refractivity contribution is -0.136. The standard InChI is InChI=1S/C18H19N5O/c1-2-9-23(12-14-5-3-13(11-19)4-6-14)18(24)15-7-8-16-17(10-15)21-22-20-16/h2-6,15H,1,7-10,12H2,(H,20,21,22)/t15-/m0/s1. The maximum Gasteiger partial charge on any atom is 0.226 e. The van der Waals surface area contributed by atoms with Gasteiger partial charge in [0.15, 0.2) is 0 Å². The molecular weight excluding hydrogens is 302 g/mol. The largest absolute Gasteiger partial charge is 0.334 e. The number of nitriles is 1. The predicted octanol–water partition coefficient (Wildman–Crippen LogP) is 2.00. The molecule has 0 aliphatic heterocycles. The fourth-order valence-corrected chi connectivity index (χ4v) is 3.05. The summed E-state index contributed by atoms with van der Waals surface area (Å²) in [4.78, 5) is 14.7. The molecule has 0 spiro atoms. The van der Waals surface area contributed by atoms with E-state index in [1.807, 2.05) is 17.0 Å². The number of fused-ring (bicyclic) bond motifs is 1. The molecule has 1 aromatic carbocycles. The van der Waals surface area contributed by atoms with Crippen molar-refractivity contribution < 1.29 is 4.79 Å². The SMILES string of the molecule is C=CCN(Cc1ccc(C#N)cc1)C(=O)[C@H]1CCc2n[nH]nc2C1. The van der Waals surface area contributed by atoms with Gasteiger partial charge in [0.2, 0.25) is 5.91 Å². The number of hydrogen-bond donors (Lipinski definition) is 1. The summed E-state index contributed by atoms with van der Waals surface area (Å²) in [7, 11) is 0. The van der Waals surface area contributed by atoms with Gasteiger partial charge < -0.3 is 4.90 Å². The lowest BCUT2D eigenvalue weighted by Gasteiger charge is -2.28. The molecule has 6 nitrogen and oxygen atoms in total. The van der Waals surface area contributed by atoms with E-state index in [1.54, 1.807) is 18.2 Å². The van der Waals surface area contributed by atoms with E-state index in [1.165, 1.54) is 0 Å². The second kappa shape index (κ2) is 7.09. The molecule has 24 heavy (non-hydrogen) atoms. The highest BCUT2D eigenvalue weighted by molar-refractivity contribution is 5.79. The first-order valence-electron chi connectivity index (χ1n) is 7.98. The van der Waals surface area contributed by atoms with E-state index in [-0.39, 0.29) is 11.8 Å². The molecule has 1 aliphatic carbocycles. The Kier molecular flexibility index (Phi) is 4.71. The first-order valence-corrected chi connectivity index (χ1v) is 7.98. The number of aromatic nitrogens is 3. The van der Waals surface area contributed by atoms with Gasteiger partial charge in [0.05, 0.1) is 23.0 Å². The third-order valence-electron chi connectivity index (χ3n) is 4.34. The number of aryl methyl sites for hydroxylation is 1. The van der Waals surface area contributed by atoms with E-state index < -0.39 is 0 Å². The molecule has 2 aromatic rings. The Morgan fingerprint density at radius 3 is 2.83 bits per heavy atom. The Bertz CT molecular complexity index is 771. The molecule has 1 N–H and O–H groups in total. The van der Waals surface area contributed by atoms with Gasteiger partial charge in [0.25, 0.3) is 0 Å². The summed E-state index contributed by atoms with van der Waals surface area (Å²) in [5.74, 6) is 0.0499. The summed E-state index contributed by atoms with van der Waals surface area (Å²) in [5, 5.41) is 19.8. The molecule has 3 rings (SSSR count). The Hall–Kier alpha value is -2.94. The number of hydrogen-bond acceptors (Lipinski definition) is 4. The number of H-pyrrole nitrogens is 1. The summed E-state index contributed by atoms with van der Waals surface area (Å²) in [5.41, 5.74) is 3.49. The number of benzene rings is 1. The van der Waals surface area contributed by atoms with Crippen molar-refractivity contribution in [1.82, 2.24) is 20.3 Å². The average Bonchev–Trinajstić information content (AvgIpc) is 3.09. The Morgan fingerprint density at radius 2 is 2.12 bits per heavy atom. The third kappa shape index (κ3) is 3.35. The van der Waals surface area contributed by atoms with Crippen LogP contribution < -0.4 is 0 Å². The zero-order valence-electron chi connectivity index (χ0n) is 13.4. The van der Waals surface area contributed by atoms with E-state index in [9.17, 15) is 4.79 Å². The first kappa shape index (κ1) is 15.9. The number of nitrogens with zero attached hydrogens (tertiary/aromatic N) is 4. The number of nitrogens with one attached hydrogen (secondary N) is 1. The van der Waals surface area contributed by atoms with Gasteiger partial charge in [-0.1, -0.05) is 18.2 Å². The minimum atomic E-state index is -0.0686. The van der Waals surface area contributed by atoms with Crippen LogP contribution in [-0.4, -0.2) is 32.8 Å². The average molecular weight is 321 g/mol. The molecule has 0 unspecified atom stereocenters. The monoisotopic (exact) mass is 321 g/mol. The van der Waals surface area contributed by atoms with Gasteiger partial charge in [0.1, 0.15) is 0 Å². The van der Waals surface area contributed by atoms with Crippen molar-refractivity contribution in [1.29, 1.82) is 5.26 Å². The fraction of sp³-hybridized carbons (Fsp3) is 0.333. The molecule has 0 bridgehead atoms. The first-order chi connectivity index (χ1) is 11.7. The van der Waals surface area contributed by atoms with E-state index in [2.05, 4.69) is 28.1 Å². The minimum Gasteiger partial charge on any atom is -0.334 e. The van der Waals surface area contributed by atoms with Gasteiger partial charge in [-0.25, -0.2) is 0 Å². The van der Waals surface area contributed by atoms with Crippen molar-refractivity contribution in [3.05, 3.63) is 59.4 Å². The number of aromatic amines is 1. The van der Waals surface area contributed by atoms with Crippen LogP contribution in [0.3, 0.4) is 0 Å². The van der Waals surface area contributed by atoms with E-state index in [0.717, 1.165) is 29.8 Å². The number of amides is 1. The molecule has 1 atom stereocenters. The second-order valence-electron chi connectivity index (χ2n) is 5.97. The van der Waals surface area contributed by atoms with Crippen LogP contribution in [0.25, 0.3) is 0 Å². The highest BCUT2D eigenvalue weighted by Gasteiger charge is 2.30. The lowest BCUT2D eigenvalue weighted by Crippen LogP contribution is -2.38. The summed E-state index contributed by atoms with van der Waals surface area (Å²) in [6.45, 7) is 4.77. The van der Waals surface area contributed by atoms with E-state index in [4.69, 9.17) is 5.26 Å². The number of carbonyl (C=O) groups is 1. The van der Waals surface area contributed by atoms with E-state index in [0.29, 0.717) is 25.1 Å². The smallest absolute Gasteiger partial charge is 0.226 e. The van der Waals surface area contributed by atoms with Gasteiger partial charge in [-0.3, -0.25) is 4.79 Å². The van der Waals surface area contributed by atoms with Gasteiger partial charge in [-0.15, -0.1) is 6.58 Å². The Morgan fingerprint density at radius 1 is 1.38 bits per heavy atom. The van der Waals surface area contributed by atoms with Crippen LogP contribution in [0, 0.1) is 17.2 Å².